The third-order valence-electron chi connectivity index (χ3n) is 4.34. The molecule has 1 aliphatic rings. The Kier molecular flexibility index (Phi) is 5.75. The zero-order chi connectivity index (χ0) is 18.5. The van der Waals surface area contributed by atoms with Crippen molar-refractivity contribution in [1.29, 1.82) is 0 Å². The van der Waals surface area contributed by atoms with Crippen molar-refractivity contribution in [3.8, 4) is 5.75 Å². The number of carbonyl (C=O) groups excluding carboxylic acids is 1. The summed E-state index contributed by atoms with van der Waals surface area (Å²) in [5, 5.41) is 7.04. The summed E-state index contributed by atoms with van der Waals surface area (Å²) in [6.45, 7) is 6.84. The second kappa shape index (κ2) is 8.21. The number of aryl methyl sites for hydroxylation is 1. The highest BCUT2D eigenvalue weighted by molar-refractivity contribution is 5.75. The van der Waals surface area contributed by atoms with Gasteiger partial charge in [0.05, 0.1) is 6.04 Å². The maximum Gasteiger partial charge on any atom is 0.318 e. The molecular weight excluding hydrogens is 332 g/mol. The van der Waals surface area contributed by atoms with Crippen molar-refractivity contribution in [1.82, 2.24) is 20.4 Å². The van der Waals surface area contributed by atoms with E-state index in [2.05, 4.69) is 15.5 Å². The van der Waals surface area contributed by atoms with Crippen molar-refractivity contribution in [2.45, 2.75) is 58.7 Å². The van der Waals surface area contributed by atoms with E-state index in [-0.39, 0.29) is 24.7 Å². The number of ether oxygens (including phenoxy) is 1. The van der Waals surface area contributed by atoms with Crippen LogP contribution in [0.25, 0.3) is 0 Å². The highest BCUT2D eigenvalue weighted by Crippen LogP contribution is 2.29. The number of rotatable bonds is 5. The predicted octanol–water partition coefficient (Wildman–Crippen LogP) is 3.60. The maximum absolute atomic E-state index is 12.4. The Morgan fingerprint density at radius 1 is 1.35 bits per heavy atom. The lowest BCUT2D eigenvalue weighted by Crippen LogP contribution is -2.47. The van der Waals surface area contributed by atoms with Gasteiger partial charge in [-0.1, -0.05) is 22.9 Å². The lowest BCUT2D eigenvalue weighted by Gasteiger charge is -2.34. The fourth-order valence-corrected chi connectivity index (χ4v) is 3.01. The highest BCUT2D eigenvalue weighted by atomic mass is 16.5. The molecule has 2 amide bonds. The van der Waals surface area contributed by atoms with Gasteiger partial charge in [0, 0.05) is 12.6 Å². The van der Waals surface area contributed by atoms with Crippen LogP contribution in [0.15, 0.2) is 28.8 Å². The normalized spacial score (nSPS) is 17.4. The van der Waals surface area contributed by atoms with E-state index in [0.29, 0.717) is 18.3 Å². The van der Waals surface area contributed by atoms with Gasteiger partial charge < -0.3 is 19.5 Å². The quantitative estimate of drug-likeness (QED) is 0.883. The maximum atomic E-state index is 12.4. The molecule has 1 unspecified atom stereocenters. The van der Waals surface area contributed by atoms with Crippen LogP contribution in [0.3, 0.4) is 0 Å². The van der Waals surface area contributed by atoms with Crippen molar-refractivity contribution in [2.24, 2.45) is 0 Å². The molecule has 26 heavy (non-hydrogen) atoms. The first kappa shape index (κ1) is 18.2. The Morgan fingerprint density at radius 3 is 2.85 bits per heavy atom. The second-order valence-electron chi connectivity index (χ2n) is 6.96. The summed E-state index contributed by atoms with van der Waals surface area (Å²) in [5.41, 5.74) is 1.18. The fourth-order valence-electron chi connectivity index (χ4n) is 3.01. The van der Waals surface area contributed by atoms with Gasteiger partial charge in [-0.3, -0.25) is 0 Å². The smallest absolute Gasteiger partial charge is 0.318 e. The van der Waals surface area contributed by atoms with Gasteiger partial charge >= 0.3 is 6.03 Å². The molecule has 0 spiro atoms. The van der Waals surface area contributed by atoms with Crippen LogP contribution >= 0.6 is 0 Å². The first-order chi connectivity index (χ1) is 12.5. The number of nitrogens with zero attached hydrogens (tertiary/aromatic N) is 3. The minimum absolute atomic E-state index is 0.0769. The Morgan fingerprint density at radius 2 is 2.12 bits per heavy atom. The van der Waals surface area contributed by atoms with Gasteiger partial charge in [0.25, 0.3) is 5.89 Å². The van der Waals surface area contributed by atoms with Gasteiger partial charge in [0.15, 0.2) is 12.4 Å². The van der Waals surface area contributed by atoms with E-state index in [1.807, 2.05) is 45.0 Å². The number of piperidine rings is 1. The summed E-state index contributed by atoms with van der Waals surface area (Å²) in [7, 11) is 0. The number of benzene rings is 1. The molecule has 1 N–H and O–H groups in total. The van der Waals surface area contributed by atoms with E-state index in [1.165, 1.54) is 5.56 Å². The van der Waals surface area contributed by atoms with Crippen LogP contribution in [0.2, 0.25) is 0 Å². The molecule has 0 saturated carbocycles. The molecule has 1 aromatic carbocycles. The first-order valence-corrected chi connectivity index (χ1v) is 9.12. The van der Waals surface area contributed by atoms with E-state index >= 15 is 0 Å². The molecular formula is C19H26N4O3. The predicted molar refractivity (Wildman–Crippen MR) is 96.8 cm³/mol. The highest BCUT2D eigenvalue weighted by Gasteiger charge is 2.31. The van der Waals surface area contributed by atoms with Gasteiger partial charge in [-0.2, -0.15) is 4.98 Å². The van der Waals surface area contributed by atoms with Crippen molar-refractivity contribution >= 4 is 6.03 Å². The SMILES string of the molecule is Cc1ccc(OCc2nc(C3CCCCN3C(=O)NC(C)C)no2)cc1. The van der Waals surface area contributed by atoms with Crippen LogP contribution in [0.4, 0.5) is 4.79 Å². The molecule has 2 aromatic rings. The number of likely N-dealkylation sites (tertiary alicyclic amines) is 1. The molecule has 7 nitrogen and oxygen atoms in total. The summed E-state index contributed by atoms with van der Waals surface area (Å²) in [5.74, 6) is 1.72. The Hall–Kier alpha value is -2.57. The molecule has 0 bridgehead atoms. The number of hydrogen-bond donors (Lipinski definition) is 1. The van der Waals surface area contributed by atoms with Gasteiger partial charge in [0.1, 0.15) is 5.75 Å². The Bertz CT molecular complexity index is 727. The lowest BCUT2D eigenvalue weighted by molar-refractivity contribution is 0.144. The van der Waals surface area contributed by atoms with E-state index in [9.17, 15) is 4.79 Å². The number of carbonyl (C=O) groups is 1. The van der Waals surface area contributed by atoms with Gasteiger partial charge in [-0.25, -0.2) is 4.79 Å². The number of nitrogens with one attached hydrogen (secondary N) is 1. The lowest BCUT2D eigenvalue weighted by atomic mass is 10.0. The standard InChI is InChI=1S/C19H26N4O3/c1-13(2)20-19(24)23-11-5-4-6-16(23)18-21-17(26-22-18)12-25-15-9-7-14(3)8-10-15/h7-10,13,16H,4-6,11-12H2,1-3H3,(H,20,24). The minimum Gasteiger partial charge on any atom is -0.484 e. The molecule has 0 radical (unpaired) electrons. The molecule has 1 fully saturated rings. The Labute approximate surface area is 153 Å². The topological polar surface area (TPSA) is 80.5 Å². The molecule has 1 atom stereocenters. The van der Waals surface area contributed by atoms with Crippen LogP contribution in [0.5, 0.6) is 5.75 Å². The van der Waals surface area contributed by atoms with Crippen LogP contribution in [-0.4, -0.2) is 33.7 Å². The van der Waals surface area contributed by atoms with Crippen molar-refractivity contribution in [3.63, 3.8) is 0 Å². The van der Waals surface area contributed by atoms with E-state index in [0.717, 1.165) is 25.0 Å². The third-order valence-corrected chi connectivity index (χ3v) is 4.34. The average Bonchev–Trinajstić information content (AvgIpc) is 3.09. The third kappa shape index (κ3) is 4.53. The van der Waals surface area contributed by atoms with Crippen LogP contribution in [0.1, 0.15) is 56.4 Å². The summed E-state index contributed by atoms with van der Waals surface area (Å²) < 4.78 is 11.0. The van der Waals surface area contributed by atoms with Gasteiger partial charge in [-0.15, -0.1) is 0 Å². The van der Waals surface area contributed by atoms with Crippen molar-refractivity contribution < 1.29 is 14.1 Å². The number of urea groups is 1. The summed E-state index contributed by atoms with van der Waals surface area (Å²) in [6.07, 6.45) is 2.87. The van der Waals surface area contributed by atoms with Crippen molar-refractivity contribution in [3.05, 3.63) is 41.5 Å². The zero-order valence-corrected chi connectivity index (χ0v) is 15.6. The molecule has 140 valence electrons. The molecule has 1 aliphatic heterocycles. The molecule has 7 heteroatoms. The molecule has 1 aromatic heterocycles. The van der Waals surface area contributed by atoms with Crippen LogP contribution in [-0.2, 0) is 6.61 Å². The molecule has 3 rings (SSSR count). The first-order valence-electron chi connectivity index (χ1n) is 9.12. The van der Waals surface area contributed by atoms with Crippen LogP contribution in [0, 0.1) is 6.92 Å². The minimum atomic E-state index is -0.153. The van der Waals surface area contributed by atoms with Crippen molar-refractivity contribution in [2.75, 3.05) is 6.54 Å². The Balaban J connectivity index is 1.64. The van der Waals surface area contributed by atoms with Gasteiger partial charge in [0.2, 0.25) is 0 Å². The average molecular weight is 358 g/mol. The molecule has 1 saturated heterocycles. The molecule has 0 aliphatic carbocycles. The second-order valence-corrected chi connectivity index (χ2v) is 6.96. The van der Waals surface area contributed by atoms with Crippen LogP contribution < -0.4 is 10.1 Å². The molecule has 2 heterocycles. The number of aromatic nitrogens is 2. The van der Waals surface area contributed by atoms with E-state index in [4.69, 9.17) is 9.26 Å². The summed E-state index contributed by atoms with van der Waals surface area (Å²) in [6, 6.07) is 7.65. The van der Waals surface area contributed by atoms with Gasteiger partial charge in [-0.05, 0) is 52.2 Å². The van der Waals surface area contributed by atoms with E-state index in [1.54, 1.807) is 4.90 Å². The fraction of sp³-hybridized carbons (Fsp3) is 0.526. The summed E-state index contributed by atoms with van der Waals surface area (Å²) in [4.78, 5) is 18.7. The monoisotopic (exact) mass is 358 g/mol. The number of hydrogen-bond acceptors (Lipinski definition) is 5. The zero-order valence-electron chi connectivity index (χ0n) is 15.6. The number of amides is 2. The largest absolute Gasteiger partial charge is 0.484 e. The summed E-state index contributed by atoms with van der Waals surface area (Å²) >= 11 is 0. The van der Waals surface area contributed by atoms with E-state index < -0.39 is 0 Å².